The van der Waals surface area contributed by atoms with Crippen molar-refractivity contribution in [3.05, 3.63) is 47.4 Å². The Morgan fingerprint density at radius 1 is 1.37 bits per heavy atom. The van der Waals surface area contributed by atoms with E-state index in [4.69, 9.17) is 4.74 Å². The molecule has 7 nitrogen and oxygen atoms in total. The highest BCUT2D eigenvalue weighted by molar-refractivity contribution is 5.92. The van der Waals surface area contributed by atoms with Crippen LogP contribution in [0.25, 0.3) is 10.9 Å². The van der Waals surface area contributed by atoms with Crippen molar-refractivity contribution in [2.45, 2.75) is 31.6 Å². The van der Waals surface area contributed by atoms with Gasteiger partial charge in [0, 0.05) is 24.1 Å². The van der Waals surface area contributed by atoms with Crippen LogP contribution in [0.4, 0.5) is 13.2 Å². The van der Waals surface area contributed by atoms with Gasteiger partial charge in [0.15, 0.2) is 5.69 Å². The number of nitrogens with zero attached hydrogens (tertiary/aromatic N) is 3. The third-order valence-electron chi connectivity index (χ3n) is 5.38. The van der Waals surface area contributed by atoms with E-state index < -0.39 is 17.8 Å². The maximum absolute atomic E-state index is 13.1. The lowest BCUT2D eigenvalue weighted by Gasteiger charge is -2.28. The first-order chi connectivity index (χ1) is 14.1. The Kier molecular flexibility index (Phi) is 4.97. The third-order valence-corrected chi connectivity index (χ3v) is 5.38. The first-order valence-corrected chi connectivity index (χ1v) is 9.44. The molecule has 3 heterocycles. The van der Waals surface area contributed by atoms with Gasteiger partial charge in [-0.2, -0.15) is 18.3 Å². The average molecular weight is 422 g/mol. The molecular formula is C20H21F3N4O3. The van der Waals surface area contributed by atoms with Crippen molar-refractivity contribution >= 4 is 16.8 Å². The molecule has 0 aliphatic carbocycles. The molecule has 1 aliphatic rings. The van der Waals surface area contributed by atoms with Crippen LogP contribution in [0.3, 0.4) is 0 Å². The number of hydrogen-bond donors (Lipinski definition) is 2. The van der Waals surface area contributed by atoms with Crippen molar-refractivity contribution in [3.8, 4) is 5.75 Å². The Labute approximate surface area is 170 Å². The number of aromatic nitrogens is 3. The molecule has 0 radical (unpaired) electrons. The van der Waals surface area contributed by atoms with E-state index in [2.05, 4.69) is 10.4 Å². The van der Waals surface area contributed by atoms with Crippen LogP contribution in [0.5, 0.6) is 5.75 Å². The number of aryl methyl sites for hydroxylation is 1. The van der Waals surface area contributed by atoms with Crippen LogP contribution in [0.15, 0.2) is 30.5 Å². The molecule has 160 valence electrons. The summed E-state index contributed by atoms with van der Waals surface area (Å²) in [6, 6.07) is 5.61. The number of aromatic hydroxyl groups is 1. The normalized spacial score (nSPS) is 15.9. The summed E-state index contributed by atoms with van der Waals surface area (Å²) in [6.07, 6.45) is -2.75. The Morgan fingerprint density at radius 2 is 2.10 bits per heavy atom. The maximum atomic E-state index is 13.1. The van der Waals surface area contributed by atoms with E-state index in [1.54, 1.807) is 25.1 Å². The second kappa shape index (κ2) is 7.35. The molecule has 1 saturated heterocycles. The number of alkyl halides is 3. The van der Waals surface area contributed by atoms with E-state index in [0.717, 1.165) is 22.5 Å². The Bertz CT molecular complexity index is 1100. The molecule has 0 bridgehead atoms. The summed E-state index contributed by atoms with van der Waals surface area (Å²) < 4.78 is 47.4. The topological polar surface area (TPSA) is 81.3 Å². The van der Waals surface area contributed by atoms with Crippen LogP contribution in [-0.4, -0.2) is 38.6 Å². The highest BCUT2D eigenvalue weighted by Gasteiger charge is 2.36. The number of nitrogens with one attached hydrogen (secondary N) is 1. The number of carbonyl (C=O) groups excluding carboxylic acids is 1. The van der Waals surface area contributed by atoms with Gasteiger partial charge < -0.3 is 19.7 Å². The van der Waals surface area contributed by atoms with Crippen LogP contribution in [-0.2, 0) is 29.3 Å². The number of halogens is 3. The van der Waals surface area contributed by atoms with Crippen LogP contribution in [0.2, 0.25) is 0 Å². The standard InChI is InChI=1S/C20H21F3N4O3/c1-11(16-8-26(2)17-4-3-14(28)6-15(16)17)19(29)24-7-12-5-18(20(21,22)23)25-27(12)13-9-30-10-13/h3-6,8,11,13,28H,7,9-10H2,1-2H3,(H,24,29). The molecule has 1 aliphatic heterocycles. The van der Waals surface area contributed by atoms with Crippen LogP contribution in [0, 0.1) is 0 Å². The molecule has 1 amide bonds. The summed E-state index contributed by atoms with van der Waals surface area (Å²) in [5, 5.41) is 16.9. The summed E-state index contributed by atoms with van der Waals surface area (Å²) in [7, 11) is 1.84. The molecule has 1 aromatic carbocycles. The lowest BCUT2D eigenvalue weighted by Crippen LogP contribution is -2.34. The molecular weight excluding hydrogens is 401 g/mol. The number of ether oxygens (including phenoxy) is 1. The monoisotopic (exact) mass is 422 g/mol. The summed E-state index contributed by atoms with van der Waals surface area (Å²) in [5.41, 5.74) is 0.862. The van der Waals surface area contributed by atoms with Crippen molar-refractivity contribution in [2.24, 2.45) is 7.05 Å². The Morgan fingerprint density at radius 3 is 2.73 bits per heavy atom. The lowest BCUT2D eigenvalue weighted by molar-refractivity contribution is -0.142. The predicted molar refractivity (Wildman–Crippen MR) is 102 cm³/mol. The molecule has 30 heavy (non-hydrogen) atoms. The van der Waals surface area contributed by atoms with Gasteiger partial charge in [-0.1, -0.05) is 0 Å². The van der Waals surface area contributed by atoms with E-state index in [9.17, 15) is 23.1 Å². The number of benzene rings is 1. The molecule has 2 N–H and O–H groups in total. The van der Waals surface area contributed by atoms with Gasteiger partial charge in [0.2, 0.25) is 5.91 Å². The zero-order chi connectivity index (χ0) is 21.6. The van der Waals surface area contributed by atoms with Gasteiger partial charge in [0.25, 0.3) is 0 Å². The second-order valence-electron chi connectivity index (χ2n) is 7.49. The van der Waals surface area contributed by atoms with Gasteiger partial charge in [-0.15, -0.1) is 0 Å². The zero-order valence-corrected chi connectivity index (χ0v) is 16.4. The number of fused-ring (bicyclic) bond motifs is 1. The number of rotatable bonds is 5. The number of carbonyl (C=O) groups is 1. The smallest absolute Gasteiger partial charge is 0.435 e. The fraction of sp³-hybridized carbons (Fsp3) is 0.400. The largest absolute Gasteiger partial charge is 0.508 e. The molecule has 1 fully saturated rings. The predicted octanol–water partition coefficient (Wildman–Crippen LogP) is 3.09. The van der Waals surface area contributed by atoms with Gasteiger partial charge in [0.05, 0.1) is 37.4 Å². The molecule has 1 unspecified atom stereocenters. The van der Waals surface area contributed by atoms with Crippen LogP contribution < -0.4 is 5.32 Å². The number of phenolic OH excluding ortho intramolecular Hbond substituents is 1. The van der Waals surface area contributed by atoms with Crippen molar-refractivity contribution in [1.82, 2.24) is 19.7 Å². The molecule has 0 spiro atoms. The zero-order valence-electron chi connectivity index (χ0n) is 16.4. The minimum absolute atomic E-state index is 0.0846. The summed E-state index contributed by atoms with van der Waals surface area (Å²) >= 11 is 0. The van der Waals surface area contributed by atoms with E-state index >= 15 is 0 Å². The van der Waals surface area contributed by atoms with Crippen molar-refractivity contribution < 1.29 is 27.8 Å². The summed E-state index contributed by atoms with van der Waals surface area (Å²) in [4.78, 5) is 12.8. The van der Waals surface area contributed by atoms with Crippen molar-refractivity contribution in [2.75, 3.05) is 13.2 Å². The van der Waals surface area contributed by atoms with Crippen LogP contribution >= 0.6 is 0 Å². The first kappa shape index (κ1) is 20.3. The number of hydrogen-bond acceptors (Lipinski definition) is 4. The first-order valence-electron chi connectivity index (χ1n) is 9.44. The highest BCUT2D eigenvalue weighted by atomic mass is 19.4. The lowest BCUT2D eigenvalue weighted by atomic mass is 9.99. The minimum Gasteiger partial charge on any atom is -0.508 e. The van der Waals surface area contributed by atoms with Gasteiger partial charge in [-0.25, -0.2) is 0 Å². The van der Waals surface area contributed by atoms with E-state index in [-0.39, 0.29) is 43.2 Å². The molecule has 2 aromatic heterocycles. The van der Waals surface area contributed by atoms with Gasteiger partial charge in [-0.3, -0.25) is 9.48 Å². The molecule has 0 saturated carbocycles. The quantitative estimate of drug-likeness (QED) is 0.662. The Balaban J connectivity index is 1.54. The van der Waals surface area contributed by atoms with Crippen molar-refractivity contribution in [1.29, 1.82) is 0 Å². The minimum atomic E-state index is -4.56. The van der Waals surface area contributed by atoms with Crippen molar-refractivity contribution in [3.63, 3.8) is 0 Å². The van der Waals surface area contributed by atoms with Gasteiger partial charge >= 0.3 is 6.18 Å². The molecule has 4 rings (SSSR count). The number of phenols is 1. The maximum Gasteiger partial charge on any atom is 0.435 e. The van der Waals surface area contributed by atoms with E-state index in [1.807, 2.05) is 17.8 Å². The van der Waals surface area contributed by atoms with E-state index in [1.165, 1.54) is 4.68 Å². The van der Waals surface area contributed by atoms with Gasteiger partial charge in [-0.05, 0) is 36.8 Å². The third kappa shape index (κ3) is 3.62. The van der Waals surface area contributed by atoms with Crippen LogP contribution in [0.1, 0.15) is 35.8 Å². The summed E-state index contributed by atoms with van der Waals surface area (Å²) in [6.45, 7) is 2.21. The van der Waals surface area contributed by atoms with E-state index in [0.29, 0.717) is 0 Å². The fourth-order valence-electron chi connectivity index (χ4n) is 3.61. The number of amides is 1. The van der Waals surface area contributed by atoms with Gasteiger partial charge in [0.1, 0.15) is 5.75 Å². The molecule has 1 atom stereocenters. The summed E-state index contributed by atoms with van der Waals surface area (Å²) in [5.74, 6) is -0.813. The second-order valence-corrected chi connectivity index (χ2v) is 7.49. The Hall–Kier alpha value is -3.01. The highest BCUT2D eigenvalue weighted by Crippen LogP contribution is 2.32. The molecule has 10 heteroatoms. The molecule has 3 aromatic rings. The SMILES string of the molecule is CC(C(=O)NCc1cc(C(F)(F)F)nn1C1COC1)c1cn(C)c2ccc(O)cc12. The fourth-order valence-corrected chi connectivity index (χ4v) is 3.61. The average Bonchev–Trinajstić information content (AvgIpc) is 3.19.